The van der Waals surface area contributed by atoms with E-state index in [1.54, 1.807) is 17.9 Å². The number of fused-ring (bicyclic) bond motifs is 3. The number of benzene rings is 2. The highest BCUT2D eigenvalue weighted by molar-refractivity contribution is 7.99. The van der Waals surface area contributed by atoms with Gasteiger partial charge in [0.25, 0.3) is 5.56 Å². The summed E-state index contributed by atoms with van der Waals surface area (Å²) in [4.78, 5) is 36.7. The van der Waals surface area contributed by atoms with Crippen molar-refractivity contribution in [3.05, 3.63) is 82.3 Å². The van der Waals surface area contributed by atoms with Gasteiger partial charge in [-0.3, -0.25) is 14.2 Å². The van der Waals surface area contributed by atoms with Gasteiger partial charge < -0.3 is 14.8 Å². The van der Waals surface area contributed by atoms with E-state index in [0.717, 1.165) is 33.5 Å². The Hall–Kier alpha value is -3.89. The maximum atomic E-state index is 13.7. The van der Waals surface area contributed by atoms with E-state index in [-0.39, 0.29) is 17.2 Å². The zero-order valence-corrected chi connectivity index (χ0v) is 23.5. The predicted molar refractivity (Wildman–Crippen MR) is 158 cm³/mol. The van der Waals surface area contributed by atoms with Crippen LogP contribution in [-0.4, -0.2) is 39.9 Å². The molecule has 5 aromatic rings. The summed E-state index contributed by atoms with van der Waals surface area (Å²) in [7, 11) is 1.56. The van der Waals surface area contributed by atoms with E-state index < -0.39 is 0 Å². The molecule has 10 heteroatoms. The fourth-order valence-corrected chi connectivity index (χ4v) is 5.94. The molecule has 1 N–H and O–H groups in total. The molecule has 0 aliphatic carbocycles. The molecule has 0 radical (unpaired) electrons. The number of nitrogens with one attached hydrogen (secondary N) is 1. The van der Waals surface area contributed by atoms with E-state index in [1.165, 1.54) is 23.1 Å². The van der Waals surface area contributed by atoms with Gasteiger partial charge in [-0.2, -0.15) is 0 Å². The Morgan fingerprint density at radius 2 is 1.97 bits per heavy atom. The average molecular weight is 561 g/mol. The Balaban J connectivity index is 1.46. The van der Waals surface area contributed by atoms with Crippen LogP contribution in [0.4, 0.5) is 5.69 Å². The lowest BCUT2D eigenvalue weighted by Crippen LogP contribution is -2.24. The molecule has 0 fully saturated rings. The molecular weight excluding hydrogens is 532 g/mol. The number of methoxy groups -OCH3 is 1. The van der Waals surface area contributed by atoms with Crippen molar-refractivity contribution in [1.82, 2.24) is 14.5 Å². The molecule has 0 bridgehead atoms. The molecule has 1 amide bonds. The maximum Gasteiger partial charge on any atom is 0.272 e. The van der Waals surface area contributed by atoms with Crippen molar-refractivity contribution in [2.24, 2.45) is 0 Å². The highest BCUT2D eigenvalue weighted by Crippen LogP contribution is 2.31. The number of hydrogen-bond donors (Lipinski definition) is 1. The van der Waals surface area contributed by atoms with E-state index in [2.05, 4.69) is 17.2 Å². The van der Waals surface area contributed by atoms with E-state index in [4.69, 9.17) is 14.5 Å². The lowest BCUT2D eigenvalue weighted by Gasteiger charge is -2.14. The number of thioether (sulfide) groups is 1. The van der Waals surface area contributed by atoms with Gasteiger partial charge >= 0.3 is 0 Å². The van der Waals surface area contributed by atoms with Crippen molar-refractivity contribution in [3.8, 4) is 11.5 Å². The summed E-state index contributed by atoms with van der Waals surface area (Å²) < 4.78 is 13.3. The molecule has 2 aromatic carbocycles. The largest absolute Gasteiger partial charge is 0.495 e. The molecule has 0 unspecified atom stereocenters. The quantitative estimate of drug-likeness (QED) is 0.168. The SMILES string of the molecule is CCCOc1ccc(Cn2c(SCC(=O)Nc3cc(C)ccc3OC)nc3c(sc4ncccc43)c2=O)cc1. The number of aromatic nitrogens is 3. The summed E-state index contributed by atoms with van der Waals surface area (Å²) in [5.41, 5.74) is 2.98. The van der Waals surface area contributed by atoms with Crippen molar-refractivity contribution < 1.29 is 14.3 Å². The van der Waals surface area contributed by atoms with Gasteiger partial charge in [0.05, 0.1) is 37.2 Å². The first-order valence-corrected chi connectivity index (χ1v) is 14.3. The first-order chi connectivity index (χ1) is 19.0. The molecule has 0 aliphatic rings. The molecule has 3 aromatic heterocycles. The van der Waals surface area contributed by atoms with Gasteiger partial charge in [0.1, 0.15) is 21.0 Å². The number of aryl methyl sites for hydroxylation is 1. The second-order valence-corrected chi connectivity index (χ2v) is 10.9. The number of carbonyl (C=O) groups excluding carboxylic acids is 1. The number of pyridine rings is 1. The van der Waals surface area contributed by atoms with Crippen LogP contribution in [0.2, 0.25) is 0 Å². The smallest absolute Gasteiger partial charge is 0.272 e. The van der Waals surface area contributed by atoms with Crippen LogP contribution in [0.5, 0.6) is 11.5 Å². The molecule has 39 heavy (non-hydrogen) atoms. The third-order valence-electron chi connectivity index (χ3n) is 6.02. The van der Waals surface area contributed by atoms with Gasteiger partial charge in [-0.1, -0.05) is 36.9 Å². The molecule has 5 rings (SSSR count). The van der Waals surface area contributed by atoms with Crippen LogP contribution in [0, 0.1) is 6.92 Å². The van der Waals surface area contributed by atoms with E-state index in [9.17, 15) is 9.59 Å². The van der Waals surface area contributed by atoms with Gasteiger partial charge in [0, 0.05) is 11.6 Å². The van der Waals surface area contributed by atoms with E-state index in [0.29, 0.717) is 40.0 Å². The molecule has 0 atom stereocenters. The van der Waals surface area contributed by atoms with Gasteiger partial charge in [0.15, 0.2) is 5.16 Å². The maximum absolute atomic E-state index is 13.7. The highest BCUT2D eigenvalue weighted by atomic mass is 32.2. The van der Waals surface area contributed by atoms with E-state index >= 15 is 0 Å². The van der Waals surface area contributed by atoms with Crippen molar-refractivity contribution in [2.45, 2.75) is 32.0 Å². The van der Waals surface area contributed by atoms with Crippen LogP contribution < -0.4 is 20.3 Å². The lowest BCUT2D eigenvalue weighted by molar-refractivity contribution is -0.113. The molecule has 3 heterocycles. The molecule has 200 valence electrons. The number of ether oxygens (including phenoxy) is 2. The highest BCUT2D eigenvalue weighted by Gasteiger charge is 2.18. The van der Waals surface area contributed by atoms with Crippen LogP contribution in [0.15, 0.2) is 70.7 Å². The number of nitrogens with zero attached hydrogens (tertiary/aromatic N) is 3. The van der Waals surface area contributed by atoms with Crippen molar-refractivity contribution in [2.75, 3.05) is 24.8 Å². The Bertz CT molecular complexity index is 1700. The summed E-state index contributed by atoms with van der Waals surface area (Å²) in [5.74, 6) is 1.21. The van der Waals surface area contributed by atoms with Crippen LogP contribution >= 0.6 is 23.1 Å². The Morgan fingerprint density at radius 3 is 2.74 bits per heavy atom. The summed E-state index contributed by atoms with van der Waals surface area (Å²) in [6, 6.07) is 17.0. The molecular formula is C29H28N4O4S2. The summed E-state index contributed by atoms with van der Waals surface area (Å²) in [5, 5.41) is 4.21. The van der Waals surface area contributed by atoms with Crippen LogP contribution in [0.1, 0.15) is 24.5 Å². The van der Waals surface area contributed by atoms with Gasteiger partial charge in [-0.15, -0.1) is 11.3 Å². The minimum Gasteiger partial charge on any atom is -0.495 e. The Kier molecular flexibility index (Phi) is 8.13. The first kappa shape index (κ1) is 26.7. The lowest BCUT2D eigenvalue weighted by atomic mass is 10.2. The zero-order valence-electron chi connectivity index (χ0n) is 21.9. The van der Waals surface area contributed by atoms with E-state index in [1.807, 2.05) is 61.5 Å². The minimum absolute atomic E-state index is 0.0686. The molecule has 0 aliphatic heterocycles. The van der Waals surface area contributed by atoms with Gasteiger partial charge in [0.2, 0.25) is 5.91 Å². The second-order valence-electron chi connectivity index (χ2n) is 8.95. The predicted octanol–water partition coefficient (Wildman–Crippen LogP) is 5.89. The number of anilines is 1. The fraction of sp³-hybridized carbons (Fsp3) is 0.241. The summed E-state index contributed by atoms with van der Waals surface area (Å²) in [6.07, 6.45) is 2.63. The Morgan fingerprint density at radius 1 is 1.15 bits per heavy atom. The number of amides is 1. The fourth-order valence-electron chi connectivity index (χ4n) is 4.12. The normalized spacial score (nSPS) is 11.2. The molecule has 8 nitrogen and oxygen atoms in total. The summed E-state index contributed by atoms with van der Waals surface area (Å²) in [6.45, 7) is 4.97. The molecule has 0 saturated carbocycles. The number of carbonyl (C=O) groups is 1. The second kappa shape index (κ2) is 11.9. The standard InChI is InChI=1S/C29H28N4O4S2/c1-4-14-37-20-10-8-19(9-11-20)16-33-28(35)26-25(21-6-5-13-30-27(21)39-26)32-29(33)38-17-24(34)31-22-15-18(2)7-12-23(22)36-3/h5-13,15H,4,14,16-17H2,1-3H3,(H,31,34). The minimum atomic E-state index is -0.223. The van der Waals surface area contributed by atoms with Crippen molar-refractivity contribution >= 4 is 55.1 Å². The van der Waals surface area contributed by atoms with Crippen LogP contribution in [-0.2, 0) is 11.3 Å². The third kappa shape index (κ3) is 5.91. The number of thiophene rings is 1. The monoisotopic (exact) mass is 560 g/mol. The van der Waals surface area contributed by atoms with Crippen molar-refractivity contribution in [1.29, 1.82) is 0 Å². The topological polar surface area (TPSA) is 95.3 Å². The zero-order chi connectivity index (χ0) is 27.4. The molecule has 0 saturated heterocycles. The van der Waals surface area contributed by atoms with Crippen LogP contribution in [0.3, 0.4) is 0 Å². The first-order valence-electron chi connectivity index (χ1n) is 12.5. The summed E-state index contributed by atoms with van der Waals surface area (Å²) >= 11 is 2.56. The van der Waals surface area contributed by atoms with Crippen molar-refractivity contribution in [3.63, 3.8) is 0 Å². The Labute approximate surface area is 234 Å². The number of rotatable bonds is 10. The average Bonchev–Trinajstić information content (AvgIpc) is 3.32. The third-order valence-corrected chi connectivity index (χ3v) is 8.08. The molecule has 0 spiro atoms. The number of hydrogen-bond acceptors (Lipinski definition) is 8. The van der Waals surface area contributed by atoms with Gasteiger partial charge in [-0.05, 0) is 60.9 Å². The van der Waals surface area contributed by atoms with Gasteiger partial charge in [-0.25, -0.2) is 9.97 Å². The van der Waals surface area contributed by atoms with Crippen LogP contribution in [0.25, 0.3) is 20.4 Å².